The van der Waals surface area contributed by atoms with Gasteiger partial charge in [-0.15, -0.1) is 0 Å². The first-order valence-electron chi connectivity index (χ1n) is 8.48. The van der Waals surface area contributed by atoms with Gasteiger partial charge in [-0.05, 0) is 31.2 Å². The van der Waals surface area contributed by atoms with Gasteiger partial charge < -0.3 is 10.2 Å². The molecule has 0 atom stereocenters. The van der Waals surface area contributed by atoms with Crippen molar-refractivity contribution in [2.75, 3.05) is 18.5 Å². The molecule has 0 saturated carbocycles. The van der Waals surface area contributed by atoms with E-state index in [1.54, 1.807) is 18.5 Å². The van der Waals surface area contributed by atoms with Gasteiger partial charge >= 0.3 is 0 Å². The molecule has 0 aromatic carbocycles. The van der Waals surface area contributed by atoms with Crippen LogP contribution >= 0.6 is 0 Å². The Labute approximate surface area is 152 Å². The number of rotatable bonds is 7. The quantitative estimate of drug-likeness (QED) is 0.681. The van der Waals surface area contributed by atoms with Crippen molar-refractivity contribution < 1.29 is 4.79 Å². The lowest BCUT2D eigenvalue weighted by Gasteiger charge is -2.21. The Morgan fingerprint density at radius 3 is 2.77 bits per heavy atom. The molecule has 0 spiro atoms. The standard InChI is InChI=1S/C19H22N6O/c1-14-12-17(24-23-14)19(26)22-13-15-6-5-10-21-18(15)25(2)11-8-16-7-3-4-9-20-16/h3-7,9-10,12H,8,11,13H2,1-2H3,(H,22,26)(H,23,24). The van der Waals surface area contributed by atoms with Gasteiger partial charge in [0.2, 0.25) is 0 Å². The topological polar surface area (TPSA) is 86.8 Å². The SMILES string of the molecule is Cc1cc(C(=O)NCc2cccnc2N(C)CCc2ccccn2)n[nH]1. The lowest BCUT2D eigenvalue weighted by atomic mass is 10.2. The summed E-state index contributed by atoms with van der Waals surface area (Å²) in [5.74, 6) is 0.641. The van der Waals surface area contributed by atoms with Crippen molar-refractivity contribution in [3.8, 4) is 0 Å². The Kier molecular flexibility index (Phi) is 5.58. The van der Waals surface area contributed by atoms with E-state index in [1.807, 2.05) is 44.3 Å². The van der Waals surface area contributed by atoms with Crippen LogP contribution < -0.4 is 10.2 Å². The minimum absolute atomic E-state index is 0.208. The van der Waals surface area contributed by atoms with Crippen LogP contribution in [-0.2, 0) is 13.0 Å². The number of nitrogens with zero attached hydrogens (tertiary/aromatic N) is 4. The molecule has 3 aromatic rings. The fourth-order valence-electron chi connectivity index (χ4n) is 2.65. The van der Waals surface area contributed by atoms with E-state index in [0.29, 0.717) is 12.2 Å². The minimum Gasteiger partial charge on any atom is -0.359 e. The monoisotopic (exact) mass is 350 g/mol. The van der Waals surface area contributed by atoms with E-state index < -0.39 is 0 Å². The van der Waals surface area contributed by atoms with Crippen molar-refractivity contribution in [2.45, 2.75) is 19.9 Å². The Bertz CT molecular complexity index is 861. The van der Waals surface area contributed by atoms with E-state index in [-0.39, 0.29) is 5.91 Å². The molecule has 0 aliphatic heterocycles. The summed E-state index contributed by atoms with van der Waals surface area (Å²) in [5.41, 5.74) is 3.23. The molecule has 2 N–H and O–H groups in total. The zero-order valence-electron chi connectivity index (χ0n) is 14.9. The van der Waals surface area contributed by atoms with E-state index >= 15 is 0 Å². The van der Waals surface area contributed by atoms with Crippen LogP contribution in [0.25, 0.3) is 0 Å². The molecule has 134 valence electrons. The smallest absolute Gasteiger partial charge is 0.272 e. The Hall–Kier alpha value is -3.22. The number of hydrogen-bond acceptors (Lipinski definition) is 5. The third kappa shape index (κ3) is 4.44. The lowest BCUT2D eigenvalue weighted by Crippen LogP contribution is -2.27. The van der Waals surface area contributed by atoms with E-state index in [4.69, 9.17) is 0 Å². The van der Waals surface area contributed by atoms with Gasteiger partial charge in [-0.3, -0.25) is 14.9 Å². The largest absolute Gasteiger partial charge is 0.359 e. The van der Waals surface area contributed by atoms with Crippen molar-refractivity contribution in [1.29, 1.82) is 0 Å². The van der Waals surface area contributed by atoms with Crippen LogP contribution in [0.1, 0.15) is 27.4 Å². The molecule has 3 aromatic heterocycles. The number of carbonyl (C=O) groups is 1. The van der Waals surface area contributed by atoms with Crippen molar-refractivity contribution >= 4 is 11.7 Å². The normalized spacial score (nSPS) is 10.5. The van der Waals surface area contributed by atoms with E-state index in [0.717, 1.165) is 35.7 Å². The predicted octanol–water partition coefficient (Wildman–Crippen LogP) is 2.12. The summed E-state index contributed by atoms with van der Waals surface area (Å²) in [6.07, 6.45) is 4.38. The maximum absolute atomic E-state index is 12.2. The Morgan fingerprint density at radius 2 is 2.04 bits per heavy atom. The van der Waals surface area contributed by atoms with Gasteiger partial charge in [0.1, 0.15) is 11.5 Å². The van der Waals surface area contributed by atoms with Crippen LogP contribution in [0.15, 0.2) is 48.8 Å². The number of amides is 1. The summed E-state index contributed by atoms with van der Waals surface area (Å²) in [7, 11) is 1.99. The number of pyridine rings is 2. The van der Waals surface area contributed by atoms with Crippen LogP contribution in [0.4, 0.5) is 5.82 Å². The van der Waals surface area contributed by atoms with Gasteiger partial charge in [-0.25, -0.2) is 4.98 Å². The van der Waals surface area contributed by atoms with Crippen molar-refractivity contribution in [3.05, 3.63) is 71.4 Å². The first kappa shape index (κ1) is 17.6. The molecule has 3 rings (SSSR count). The zero-order valence-corrected chi connectivity index (χ0v) is 14.9. The van der Waals surface area contributed by atoms with Crippen molar-refractivity contribution in [2.24, 2.45) is 0 Å². The number of anilines is 1. The molecule has 0 unspecified atom stereocenters. The second-order valence-corrected chi connectivity index (χ2v) is 6.10. The van der Waals surface area contributed by atoms with E-state index in [1.165, 1.54) is 0 Å². The third-order valence-electron chi connectivity index (χ3n) is 4.04. The summed E-state index contributed by atoms with van der Waals surface area (Å²) in [6, 6.07) is 11.5. The highest BCUT2D eigenvalue weighted by atomic mass is 16.1. The molecule has 7 nitrogen and oxygen atoms in total. The second kappa shape index (κ2) is 8.24. The molecule has 0 bridgehead atoms. The first-order chi connectivity index (χ1) is 12.6. The molecule has 3 heterocycles. The van der Waals surface area contributed by atoms with Crippen LogP contribution in [0.3, 0.4) is 0 Å². The molecule has 1 amide bonds. The number of aromatic amines is 1. The molecule has 7 heteroatoms. The summed E-state index contributed by atoms with van der Waals surface area (Å²) < 4.78 is 0. The molecular weight excluding hydrogens is 328 g/mol. The number of hydrogen-bond donors (Lipinski definition) is 2. The fourth-order valence-corrected chi connectivity index (χ4v) is 2.65. The Morgan fingerprint density at radius 1 is 1.19 bits per heavy atom. The summed E-state index contributed by atoms with van der Waals surface area (Å²) in [5, 5.41) is 9.65. The van der Waals surface area contributed by atoms with Crippen LogP contribution in [0.2, 0.25) is 0 Å². The second-order valence-electron chi connectivity index (χ2n) is 6.10. The minimum atomic E-state index is -0.208. The maximum atomic E-state index is 12.2. The van der Waals surface area contributed by atoms with E-state index in [9.17, 15) is 4.79 Å². The Balaban J connectivity index is 1.62. The summed E-state index contributed by atoms with van der Waals surface area (Å²) in [6.45, 7) is 3.04. The number of aryl methyl sites for hydroxylation is 1. The number of carbonyl (C=O) groups excluding carboxylic acids is 1. The highest BCUT2D eigenvalue weighted by Crippen LogP contribution is 2.16. The summed E-state index contributed by atoms with van der Waals surface area (Å²) >= 11 is 0. The van der Waals surface area contributed by atoms with Crippen molar-refractivity contribution in [1.82, 2.24) is 25.5 Å². The van der Waals surface area contributed by atoms with Gasteiger partial charge in [0.15, 0.2) is 0 Å². The van der Waals surface area contributed by atoms with Gasteiger partial charge in [-0.2, -0.15) is 5.10 Å². The molecular formula is C19H22N6O. The number of H-pyrrole nitrogens is 1. The average Bonchev–Trinajstić information content (AvgIpc) is 3.12. The number of aromatic nitrogens is 4. The van der Waals surface area contributed by atoms with Gasteiger partial charge in [-0.1, -0.05) is 12.1 Å². The molecule has 0 aliphatic rings. The average molecular weight is 350 g/mol. The molecule has 26 heavy (non-hydrogen) atoms. The molecule has 0 radical (unpaired) electrons. The highest BCUT2D eigenvalue weighted by Gasteiger charge is 2.12. The van der Waals surface area contributed by atoms with Gasteiger partial charge in [0.25, 0.3) is 5.91 Å². The molecule has 0 fully saturated rings. The van der Waals surface area contributed by atoms with E-state index in [2.05, 4.69) is 30.4 Å². The predicted molar refractivity (Wildman–Crippen MR) is 99.9 cm³/mol. The first-order valence-corrected chi connectivity index (χ1v) is 8.48. The van der Waals surface area contributed by atoms with Gasteiger partial charge in [0.05, 0.1) is 0 Å². The highest BCUT2D eigenvalue weighted by molar-refractivity contribution is 5.92. The molecule has 0 saturated heterocycles. The number of likely N-dealkylation sites (N-methyl/N-ethyl adjacent to an activating group) is 1. The van der Waals surface area contributed by atoms with Gasteiger partial charge in [0, 0.05) is 55.9 Å². The maximum Gasteiger partial charge on any atom is 0.272 e. The summed E-state index contributed by atoms with van der Waals surface area (Å²) in [4.78, 5) is 23.1. The lowest BCUT2D eigenvalue weighted by molar-refractivity contribution is 0.0946. The van der Waals surface area contributed by atoms with Crippen molar-refractivity contribution in [3.63, 3.8) is 0 Å². The zero-order chi connectivity index (χ0) is 18.4. The third-order valence-corrected chi connectivity index (χ3v) is 4.04. The van der Waals surface area contributed by atoms with Crippen LogP contribution in [0.5, 0.6) is 0 Å². The fraction of sp³-hybridized carbons (Fsp3) is 0.263. The van der Waals surface area contributed by atoms with Crippen LogP contribution in [-0.4, -0.2) is 39.7 Å². The molecule has 0 aliphatic carbocycles. The van der Waals surface area contributed by atoms with Crippen LogP contribution in [0, 0.1) is 6.92 Å². The number of nitrogens with one attached hydrogen (secondary N) is 2.